The summed E-state index contributed by atoms with van der Waals surface area (Å²) in [5.74, 6) is 0. The van der Waals surface area contributed by atoms with E-state index >= 15 is 0 Å². The van der Waals surface area contributed by atoms with Crippen LogP contribution >= 0.6 is 8.53 Å². The highest BCUT2D eigenvalue weighted by molar-refractivity contribution is 7.35. The summed E-state index contributed by atoms with van der Waals surface area (Å²) in [6.07, 6.45) is 0.169. The number of hydrogen-bond donors (Lipinski definition) is 2. The number of hydrogen-bond acceptors (Lipinski definition) is 5. The monoisotopic (exact) mass is 282 g/mol. The second-order valence-corrected chi connectivity index (χ2v) is 5.37. The van der Waals surface area contributed by atoms with Crippen LogP contribution in [-0.2, 0) is 0 Å². The fourth-order valence-corrected chi connectivity index (χ4v) is 2.32. The fraction of sp³-hybridized carbons (Fsp3) is 0.889. The van der Waals surface area contributed by atoms with Gasteiger partial charge in [-0.25, -0.2) is 0 Å². The van der Waals surface area contributed by atoms with Crippen LogP contribution in [0, 0.1) is 11.3 Å². The summed E-state index contributed by atoms with van der Waals surface area (Å²) in [6, 6.07) is 1.96. The molecule has 0 unspecified atom stereocenters. The van der Waals surface area contributed by atoms with Crippen molar-refractivity contribution >= 4 is 8.53 Å². The number of rotatable bonds is 7. The molecule has 0 aromatic rings. The lowest BCUT2D eigenvalue weighted by Gasteiger charge is -2.51. The van der Waals surface area contributed by atoms with E-state index in [-0.39, 0.29) is 37.5 Å². The van der Waals surface area contributed by atoms with E-state index in [0.29, 0.717) is 0 Å². The van der Waals surface area contributed by atoms with Crippen LogP contribution < -0.4 is 33.0 Å². The van der Waals surface area contributed by atoms with Crippen molar-refractivity contribution in [3.63, 3.8) is 0 Å². The number of nitrogens with zero attached hydrogens (tertiary/aromatic N) is 2. The molecule has 0 atom stereocenters. The first-order chi connectivity index (χ1) is 7.34. The van der Waals surface area contributed by atoms with Crippen molar-refractivity contribution in [3.8, 4) is 6.07 Å². The normalized spacial score (nSPS) is 11.8. The Balaban J connectivity index is 0. The SMILES string of the molecule is CC(C)N[N+](CCC#N)(NC(C)C)P([O-])[O-].[Cl-]. The number of quaternary nitrogens is 1. The Bertz CT molecular complexity index is 236. The quantitative estimate of drug-likeness (QED) is 0.373. The van der Waals surface area contributed by atoms with E-state index in [2.05, 4.69) is 10.9 Å². The largest absolute Gasteiger partial charge is 1.00 e. The Labute approximate surface area is 111 Å². The van der Waals surface area contributed by atoms with Crippen LogP contribution in [0.2, 0.25) is 0 Å². The molecular formula is C9H20ClN4O2P-2. The molecule has 0 amide bonds. The summed E-state index contributed by atoms with van der Waals surface area (Å²) < 4.78 is -0.446. The summed E-state index contributed by atoms with van der Waals surface area (Å²) in [6.45, 7) is 7.63. The standard InChI is InChI=1S/C9H20N4O2P.ClH/c1-8(2)11-13(16(14)15,7-5-6-10)12-9(3)4;/h8-9,11-12H,5,7H2,1-4H3;1H/q-1;/p-1. The molecule has 0 aliphatic heterocycles. The molecule has 0 aromatic carbocycles. The summed E-state index contributed by atoms with van der Waals surface area (Å²) in [7, 11) is -2.76. The van der Waals surface area contributed by atoms with E-state index < -0.39 is 13.0 Å². The zero-order valence-electron chi connectivity index (χ0n) is 10.6. The Morgan fingerprint density at radius 3 is 1.82 bits per heavy atom. The van der Waals surface area contributed by atoms with Gasteiger partial charge in [0.15, 0.2) is 0 Å². The summed E-state index contributed by atoms with van der Waals surface area (Å²) in [5, 5.41) is 8.57. The Morgan fingerprint density at radius 1 is 1.18 bits per heavy atom. The predicted octanol–water partition coefficient (Wildman–Crippen LogP) is -3.51. The van der Waals surface area contributed by atoms with Crippen LogP contribution in [0.3, 0.4) is 0 Å². The van der Waals surface area contributed by atoms with Crippen molar-refractivity contribution in [1.82, 2.24) is 10.9 Å². The maximum absolute atomic E-state index is 11.4. The topological polar surface area (TPSA) is 94.0 Å². The van der Waals surface area contributed by atoms with Gasteiger partial charge < -0.3 is 22.2 Å². The lowest BCUT2D eigenvalue weighted by molar-refractivity contribution is -0.930. The van der Waals surface area contributed by atoms with E-state index in [4.69, 9.17) is 5.26 Å². The summed E-state index contributed by atoms with van der Waals surface area (Å²) in [4.78, 5) is 22.7. The Morgan fingerprint density at radius 2 is 1.59 bits per heavy atom. The van der Waals surface area contributed by atoms with Crippen molar-refractivity contribution in [3.05, 3.63) is 0 Å². The van der Waals surface area contributed by atoms with Crippen LogP contribution in [0.1, 0.15) is 34.1 Å². The minimum Gasteiger partial charge on any atom is -1.00 e. The van der Waals surface area contributed by atoms with Crippen molar-refractivity contribution < 1.29 is 26.7 Å². The van der Waals surface area contributed by atoms with Gasteiger partial charge in [-0.3, -0.25) is 0 Å². The molecule has 0 fully saturated rings. The average molecular weight is 283 g/mol. The third-order valence-corrected chi connectivity index (χ3v) is 2.76. The Hall–Kier alpha value is 0.01000. The van der Waals surface area contributed by atoms with Crippen molar-refractivity contribution in [2.75, 3.05) is 6.54 Å². The van der Waals surface area contributed by atoms with E-state index in [0.717, 1.165) is 0 Å². The number of nitriles is 1. The first-order valence-electron chi connectivity index (χ1n) is 5.29. The molecule has 6 nitrogen and oxygen atoms in total. The maximum atomic E-state index is 11.4. The first kappa shape index (κ1) is 19.4. The van der Waals surface area contributed by atoms with Gasteiger partial charge in [0.1, 0.15) is 6.54 Å². The second-order valence-electron chi connectivity index (χ2n) is 4.21. The van der Waals surface area contributed by atoms with Crippen molar-refractivity contribution in [1.29, 1.82) is 5.26 Å². The molecule has 0 saturated carbocycles. The third kappa shape index (κ3) is 7.12. The zero-order valence-corrected chi connectivity index (χ0v) is 12.3. The van der Waals surface area contributed by atoms with Gasteiger partial charge in [-0.1, -0.05) is 0 Å². The van der Waals surface area contributed by atoms with Gasteiger partial charge in [0, 0.05) is 0 Å². The third-order valence-electron chi connectivity index (χ3n) is 1.77. The molecule has 0 saturated heterocycles. The van der Waals surface area contributed by atoms with Gasteiger partial charge in [-0.15, -0.1) is 10.9 Å². The van der Waals surface area contributed by atoms with Crippen LogP contribution in [0.4, 0.5) is 0 Å². The fourth-order valence-electron chi connectivity index (χ4n) is 1.41. The van der Waals surface area contributed by atoms with Gasteiger partial charge in [-0.2, -0.15) is 9.73 Å². The highest BCUT2D eigenvalue weighted by atomic mass is 35.5. The van der Waals surface area contributed by atoms with E-state index in [1.54, 1.807) is 0 Å². The molecule has 0 bridgehead atoms. The van der Waals surface area contributed by atoms with Crippen LogP contribution in [0.25, 0.3) is 0 Å². The van der Waals surface area contributed by atoms with Gasteiger partial charge in [-0.05, 0) is 36.2 Å². The first-order valence-corrected chi connectivity index (χ1v) is 6.42. The molecule has 0 radical (unpaired) electrons. The number of halogens is 1. The smallest absolute Gasteiger partial charge is 0.127 e. The highest BCUT2D eigenvalue weighted by Gasteiger charge is 2.28. The highest BCUT2D eigenvalue weighted by Crippen LogP contribution is 2.27. The van der Waals surface area contributed by atoms with Gasteiger partial charge in [0.2, 0.25) is 0 Å². The van der Waals surface area contributed by atoms with E-state index in [9.17, 15) is 9.79 Å². The minimum atomic E-state index is -2.76. The molecule has 0 aromatic heterocycles. The zero-order chi connectivity index (χ0) is 12.8. The molecule has 0 spiro atoms. The van der Waals surface area contributed by atoms with Crippen molar-refractivity contribution in [2.45, 2.75) is 46.2 Å². The molecule has 0 heterocycles. The molecule has 17 heavy (non-hydrogen) atoms. The van der Waals surface area contributed by atoms with Crippen LogP contribution in [0.15, 0.2) is 0 Å². The average Bonchev–Trinajstić information content (AvgIpc) is 2.11. The van der Waals surface area contributed by atoms with E-state index in [1.165, 1.54) is 0 Å². The predicted molar refractivity (Wildman–Crippen MR) is 58.8 cm³/mol. The molecular weight excluding hydrogens is 263 g/mol. The van der Waals surface area contributed by atoms with Gasteiger partial charge in [0.25, 0.3) is 0 Å². The lowest BCUT2D eigenvalue weighted by atomic mass is 10.4. The summed E-state index contributed by atoms with van der Waals surface area (Å²) >= 11 is 0. The van der Waals surface area contributed by atoms with Crippen LogP contribution in [-0.4, -0.2) is 23.1 Å². The van der Waals surface area contributed by atoms with Gasteiger partial charge in [0.05, 0.1) is 24.6 Å². The molecule has 2 N–H and O–H groups in total. The molecule has 0 rings (SSSR count). The minimum absolute atomic E-state index is 0. The number of nitrogens with one attached hydrogen (secondary N) is 2. The molecule has 8 heteroatoms. The van der Waals surface area contributed by atoms with Gasteiger partial charge >= 0.3 is 0 Å². The second kappa shape index (κ2) is 9.01. The Kier molecular flexibility index (Phi) is 10.3. The van der Waals surface area contributed by atoms with Crippen molar-refractivity contribution in [2.24, 2.45) is 0 Å². The lowest BCUT2D eigenvalue weighted by Crippen LogP contribution is -3.00. The van der Waals surface area contributed by atoms with E-state index in [1.807, 2.05) is 33.8 Å². The maximum Gasteiger partial charge on any atom is 0.127 e. The molecule has 0 aliphatic rings. The van der Waals surface area contributed by atoms with Crippen LogP contribution in [0.5, 0.6) is 0 Å². The molecule has 102 valence electrons. The summed E-state index contributed by atoms with van der Waals surface area (Å²) in [5.41, 5.74) is 5.88. The molecule has 0 aliphatic carbocycles.